The van der Waals surface area contributed by atoms with Crippen LogP contribution in [0.15, 0.2) is 191 Å². The van der Waals surface area contributed by atoms with Crippen molar-refractivity contribution in [1.29, 1.82) is 0 Å². The van der Waals surface area contributed by atoms with Crippen molar-refractivity contribution in [2.75, 3.05) is 0 Å². The van der Waals surface area contributed by atoms with Gasteiger partial charge in [-0.15, -0.1) is 20.4 Å². The fourth-order valence-electron chi connectivity index (χ4n) is 6.39. The second kappa shape index (κ2) is 20.1. The molecule has 0 fully saturated rings. The van der Waals surface area contributed by atoms with E-state index in [2.05, 4.69) is 95.0 Å². The summed E-state index contributed by atoms with van der Waals surface area (Å²) in [6.07, 6.45) is 5.48. The van der Waals surface area contributed by atoms with Gasteiger partial charge in [-0.2, -0.15) is 0 Å². The van der Waals surface area contributed by atoms with E-state index in [4.69, 9.17) is 8.83 Å². The molecular weight excluding hydrogens is 757 g/mol. The lowest BCUT2D eigenvalue weighted by molar-refractivity contribution is 0.560. The van der Waals surface area contributed by atoms with Crippen LogP contribution in [0.3, 0.4) is 0 Å². The standard InChI is InChI=1S/C16H15N3.C15H13N3.C12H11NO.C8H7NO/c1-12-8-10-14(11-9-12)16-18-17-13(2)19(16)15-6-4-3-5-7-15;1-12-16-17-15(13-8-4-2-5-9-13)18(12)14-10-6-3-7-11-14;1-2-6-12-13-9-11(14-12)10-7-4-3-5-8-10;1-6-9-7-4-2-3-5-8(7)10-6/h3-11H,1-2H3;2-11H,1H3;2-9H,1H3;2-5H,1H3/b;;6-2+;. The van der Waals surface area contributed by atoms with Gasteiger partial charge in [-0.3, -0.25) is 9.13 Å². The molecule has 0 amide bonds. The van der Waals surface area contributed by atoms with E-state index in [1.807, 2.05) is 161 Å². The third-order valence-electron chi connectivity index (χ3n) is 9.31. The Morgan fingerprint density at radius 1 is 0.475 bits per heavy atom. The van der Waals surface area contributed by atoms with Gasteiger partial charge in [0.25, 0.3) is 0 Å². The number of aryl methyl sites for hydroxylation is 4. The maximum atomic E-state index is 5.51. The van der Waals surface area contributed by atoms with Crippen molar-refractivity contribution in [2.24, 2.45) is 0 Å². The van der Waals surface area contributed by atoms with E-state index < -0.39 is 0 Å². The smallest absolute Gasteiger partial charge is 0.219 e. The molecule has 4 heterocycles. The Morgan fingerprint density at radius 2 is 0.951 bits per heavy atom. The van der Waals surface area contributed by atoms with Gasteiger partial charge >= 0.3 is 0 Å². The largest absolute Gasteiger partial charge is 0.441 e. The van der Waals surface area contributed by atoms with Gasteiger partial charge in [0.2, 0.25) is 5.89 Å². The zero-order chi connectivity index (χ0) is 42.4. The van der Waals surface area contributed by atoms with Gasteiger partial charge in [0, 0.05) is 35.0 Å². The van der Waals surface area contributed by atoms with Crippen molar-refractivity contribution >= 4 is 17.2 Å². The van der Waals surface area contributed by atoms with Crippen LogP contribution in [0.5, 0.6) is 0 Å². The normalized spacial score (nSPS) is 10.6. The van der Waals surface area contributed by atoms with Crippen molar-refractivity contribution in [3.63, 3.8) is 0 Å². The summed E-state index contributed by atoms with van der Waals surface area (Å²) in [6, 6.07) is 56.5. The molecule has 0 aliphatic rings. The molecular formula is C51H46N8O2. The molecule has 0 N–H and O–H groups in total. The first-order chi connectivity index (χ1) is 29.9. The molecule has 0 atom stereocenters. The first-order valence-electron chi connectivity index (χ1n) is 19.9. The number of para-hydroxylation sites is 4. The molecule has 0 bridgehead atoms. The summed E-state index contributed by atoms with van der Waals surface area (Å²) < 4.78 is 14.9. The molecule has 6 aromatic carbocycles. The number of benzene rings is 6. The monoisotopic (exact) mass is 802 g/mol. The Morgan fingerprint density at radius 3 is 1.48 bits per heavy atom. The fraction of sp³-hybridized carbons (Fsp3) is 0.0980. The molecule has 10 aromatic rings. The number of oxazole rings is 2. The zero-order valence-electron chi connectivity index (χ0n) is 34.8. The lowest BCUT2D eigenvalue weighted by atomic mass is 10.1. The van der Waals surface area contributed by atoms with Gasteiger partial charge in [0.1, 0.15) is 17.2 Å². The maximum Gasteiger partial charge on any atom is 0.219 e. The Kier molecular flexibility index (Phi) is 13.6. The van der Waals surface area contributed by atoms with Crippen molar-refractivity contribution in [3.05, 3.63) is 211 Å². The molecule has 302 valence electrons. The van der Waals surface area contributed by atoms with Gasteiger partial charge in [-0.05, 0) is 70.2 Å². The average Bonchev–Trinajstić information content (AvgIpc) is 4.12. The predicted octanol–water partition coefficient (Wildman–Crippen LogP) is 12.3. The van der Waals surface area contributed by atoms with E-state index in [-0.39, 0.29) is 0 Å². The fourth-order valence-corrected chi connectivity index (χ4v) is 6.39. The van der Waals surface area contributed by atoms with Crippen LogP contribution >= 0.6 is 0 Å². The van der Waals surface area contributed by atoms with Crippen LogP contribution in [0.4, 0.5) is 0 Å². The van der Waals surface area contributed by atoms with Crippen LogP contribution in [0.2, 0.25) is 0 Å². The number of aromatic nitrogens is 8. The van der Waals surface area contributed by atoms with Crippen molar-refractivity contribution in [1.82, 2.24) is 39.5 Å². The summed E-state index contributed by atoms with van der Waals surface area (Å²) in [7, 11) is 0. The first kappa shape index (κ1) is 41.2. The highest BCUT2D eigenvalue weighted by Crippen LogP contribution is 2.24. The molecule has 61 heavy (non-hydrogen) atoms. The topological polar surface area (TPSA) is 113 Å². The Bertz CT molecular complexity index is 2860. The van der Waals surface area contributed by atoms with Crippen LogP contribution in [-0.4, -0.2) is 39.5 Å². The Balaban J connectivity index is 0.000000126. The lowest BCUT2D eigenvalue weighted by Gasteiger charge is -2.08. The molecule has 0 radical (unpaired) electrons. The van der Waals surface area contributed by atoms with E-state index in [9.17, 15) is 0 Å². The van der Waals surface area contributed by atoms with Gasteiger partial charge in [0.05, 0.1) is 6.20 Å². The summed E-state index contributed by atoms with van der Waals surface area (Å²) in [5.41, 5.74) is 8.40. The molecule has 10 nitrogen and oxygen atoms in total. The highest BCUT2D eigenvalue weighted by Gasteiger charge is 2.13. The van der Waals surface area contributed by atoms with E-state index >= 15 is 0 Å². The van der Waals surface area contributed by atoms with Crippen LogP contribution in [0.1, 0.15) is 35.9 Å². The lowest BCUT2D eigenvalue weighted by Crippen LogP contribution is -1.99. The second-order valence-corrected chi connectivity index (χ2v) is 13.8. The minimum atomic E-state index is 0.645. The number of nitrogens with zero attached hydrogens (tertiary/aromatic N) is 8. The average molecular weight is 803 g/mol. The number of hydrogen-bond acceptors (Lipinski definition) is 8. The van der Waals surface area contributed by atoms with Gasteiger partial charge in [-0.1, -0.05) is 145 Å². The maximum absolute atomic E-state index is 5.51. The predicted molar refractivity (Wildman–Crippen MR) is 243 cm³/mol. The highest BCUT2D eigenvalue weighted by molar-refractivity contribution is 5.72. The minimum absolute atomic E-state index is 0.645. The van der Waals surface area contributed by atoms with Crippen LogP contribution in [0.25, 0.3) is 62.6 Å². The zero-order valence-corrected chi connectivity index (χ0v) is 34.8. The number of hydrogen-bond donors (Lipinski definition) is 0. The van der Waals surface area contributed by atoms with Gasteiger partial charge in [0.15, 0.2) is 28.9 Å². The molecule has 0 aliphatic carbocycles. The van der Waals surface area contributed by atoms with Crippen molar-refractivity contribution < 1.29 is 8.83 Å². The molecule has 0 saturated heterocycles. The number of allylic oxidation sites excluding steroid dienone is 1. The summed E-state index contributed by atoms with van der Waals surface area (Å²) >= 11 is 0. The summed E-state index contributed by atoms with van der Waals surface area (Å²) in [5, 5.41) is 17.0. The highest BCUT2D eigenvalue weighted by atomic mass is 16.4. The van der Waals surface area contributed by atoms with Crippen LogP contribution < -0.4 is 0 Å². The molecule has 0 unspecified atom stereocenters. The quantitative estimate of drug-likeness (QED) is 0.163. The third kappa shape index (κ3) is 10.6. The van der Waals surface area contributed by atoms with Crippen LogP contribution in [0, 0.1) is 27.7 Å². The minimum Gasteiger partial charge on any atom is -0.441 e. The molecule has 0 saturated carbocycles. The third-order valence-corrected chi connectivity index (χ3v) is 9.31. The van der Waals surface area contributed by atoms with Gasteiger partial charge < -0.3 is 8.83 Å². The summed E-state index contributed by atoms with van der Waals surface area (Å²) in [6.45, 7) is 9.80. The first-order valence-corrected chi connectivity index (χ1v) is 19.9. The molecule has 0 spiro atoms. The summed E-state index contributed by atoms with van der Waals surface area (Å²) in [5.74, 6) is 5.70. The Hall–Kier alpha value is -7.98. The Labute approximate surface area is 355 Å². The van der Waals surface area contributed by atoms with E-state index in [0.717, 1.165) is 74.1 Å². The molecule has 4 aromatic heterocycles. The SMILES string of the molecule is C/C=C/c1ncc(-c2ccccc2)o1.Cc1ccc(-c2nnc(C)n2-c2ccccc2)cc1.Cc1nc2ccccc2o1.Cc1nnc(-c2ccccc2)n1-c1ccccc1. The van der Waals surface area contributed by atoms with Gasteiger partial charge in [-0.25, -0.2) is 9.97 Å². The van der Waals surface area contributed by atoms with Crippen molar-refractivity contribution in [3.8, 4) is 45.5 Å². The molecule has 0 aliphatic heterocycles. The van der Waals surface area contributed by atoms with E-state index in [0.29, 0.717) is 5.89 Å². The number of fused-ring (bicyclic) bond motifs is 1. The number of rotatable bonds is 6. The molecule has 10 heteroatoms. The second-order valence-electron chi connectivity index (χ2n) is 13.8. The van der Waals surface area contributed by atoms with E-state index in [1.165, 1.54) is 5.56 Å². The summed E-state index contributed by atoms with van der Waals surface area (Å²) in [4.78, 5) is 8.28. The van der Waals surface area contributed by atoms with E-state index in [1.54, 1.807) is 6.20 Å². The molecule has 10 rings (SSSR count). The van der Waals surface area contributed by atoms with Crippen LogP contribution in [-0.2, 0) is 0 Å². The van der Waals surface area contributed by atoms with Crippen molar-refractivity contribution in [2.45, 2.75) is 34.6 Å².